The molecule has 4 nitrogen and oxygen atoms in total. The van der Waals surface area contributed by atoms with E-state index in [-0.39, 0.29) is 5.52 Å². The highest BCUT2D eigenvalue weighted by atomic mass is 35.5. The predicted octanol–water partition coefficient (Wildman–Crippen LogP) is 1.98. The second kappa shape index (κ2) is 5.77. The van der Waals surface area contributed by atoms with Gasteiger partial charge < -0.3 is 9.91 Å². The van der Waals surface area contributed by atoms with E-state index in [9.17, 15) is 8.78 Å². The average Bonchev–Trinajstić information content (AvgIpc) is 2.83. The Morgan fingerprint density at radius 1 is 1.19 bits per heavy atom. The van der Waals surface area contributed by atoms with Crippen molar-refractivity contribution in [1.29, 1.82) is 0 Å². The molecule has 7 heteroatoms. The maximum Gasteiger partial charge on any atom is 0.186 e. The SMILES string of the molecule is CN1CCN(n2c(CCCl)nc3ccc(F)c(F)c32)CC1. The van der Waals surface area contributed by atoms with Crippen molar-refractivity contribution < 1.29 is 8.78 Å². The second-order valence-corrected chi connectivity index (χ2v) is 5.64. The Kier molecular flexibility index (Phi) is 3.99. The molecule has 21 heavy (non-hydrogen) atoms. The lowest BCUT2D eigenvalue weighted by molar-refractivity contribution is 0.287. The fraction of sp³-hybridized carbons (Fsp3) is 0.500. The van der Waals surface area contributed by atoms with Gasteiger partial charge in [0.05, 0.1) is 5.52 Å². The highest BCUT2D eigenvalue weighted by Crippen LogP contribution is 2.23. The molecule has 0 amide bonds. The van der Waals surface area contributed by atoms with Gasteiger partial charge in [-0.25, -0.2) is 18.4 Å². The molecule has 1 saturated heterocycles. The maximum absolute atomic E-state index is 14.2. The van der Waals surface area contributed by atoms with E-state index in [1.165, 1.54) is 6.07 Å². The number of benzene rings is 1. The number of rotatable bonds is 3. The van der Waals surface area contributed by atoms with Crippen LogP contribution in [0.1, 0.15) is 5.82 Å². The number of aromatic nitrogens is 2. The minimum atomic E-state index is -0.852. The van der Waals surface area contributed by atoms with E-state index in [0.29, 0.717) is 23.6 Å². The van der Waals surface area contributed by atoms with Crippen LogP contribution in [0, 0.1) is 11.6 Å². The van der Waals surface area contributed by atoms with E-state index in [1.807, 2.05) is 12.1 Å². The standard InChI is InChI=1S/C14H17ClF2N4/c1-19-6-8-20(9-7-19)21-12(4-5-15)18-11-3-2-10(16)13(17)14(11)21/h2-3H,4-9H2,1H3. The molecule has 0 unspecified atom stereocenters. The van der Waals surface area contributed by atoms with Crippen LogP contribution in [0.4, 0.5) is 8.78 Å². The van der Waals surface area contributed by atoms with Crippen LogP contribution in [0.15, 0.2) is 12.1 Å². The fourth-order valence-electron chi connectivity index (χ4n) is 2.68. The van der Waals surface area contributed by atoms with Crippen LogP contribution in [0.2, 0.25) is 0 Å². The summed E-state index contributed by atoms with van der Waals surface area (Å²) in [6.07, 6.45) is 0.517. The Bertz CT molecular complexity index is 650. The van der Waals surface area contributed by atoms with Gasteiger partial charge in [-0.2, -0.15) is 0 Å². The molecule has 114 valence electrons. The molecule has 1 aromatic heterocycles. The van der Waals surface area contributed by atoms with Gasteiger partial charge in [-0.15, -0.1) is 11.6 Å². The molecule has 0 atom stereocenters. The van der Waals surface area contributed by atoms with Gasteiger partial charge >= 0.3 is 0 Å². The van der Waals surface area contributed by atoms with Crippen molar-refractivity contribution >= 4 is 22.6 Å². The van der Waals surface area contributed by atoms with Crippen LogP contribution in [0.3, 0.4) is 0 Å². The van der Waals surface area contributed by atoms with E-state index < -0.39 is 11.6 Å². The molecular weight excluding hydrogens is 298 g/mol. The molecule has 0 radical (unpaired) electrons. The van der Waals surface area contributed by atoms with E-state index in [1.54, 1.807) is 4.68 Å². The van der Waals surface area contributed by atoms with Crippen molar-refractivity contribution in [3.8, 4) is 0 Å². The summed E-state index contributed by atoms with van der Waals surface area (Å²) in [5.41, 5.74) is 0.674. The van der Waals surface area contributed by atoms with Crippen molar-refractivity contribution in [3.05, 3.63) is 29.6 Å². The number of nitrogens with zero attached hydrogens (tertiary/aromatic N) is 4. The normalized spacial score (nSPS) is 16.9. The van der Waals surface area contributed by atoms with E-state index >= 15 is 0 Å². The number of aryl methyl sites for hydroxylation is 1. The lowest BCUT2D eigenvalue weighted by Gasteiger charge is -2.35. The number of alkyl halides is 1. The van der Waals surface area contributed by atoms with Gasteiger partial charge in [-0.3, -0.25) is 0 Å². The molecule has 1 fully saturated rings. The zero-order chi connectivity index (χ0) is 15.0. The summed E-state index contributed by atoms with van der Waals surface area (Å²) in [5.74, 6) is -0.634. The molecule has 0 N–H and O–H groups in total. The second-order valence-electron chi connectivity index (χ2n) is 5.26. The van der Waals surface area contributed by atoms with Gasteiger partial charge in [0, 0.05) is 38.5 Å². The molecule has 1 aliphatic heterocycles. The highest BCUT2D eigenvalue weighted by molar-refractivity contribution is 6.17. The summed E-state index contributed by atoms with van der Waals surface area (Å²) in [6.45, 7) is 3.23. The van der Waals surface area contributed by atoms with Gasteiger partial charge in [-0.1, -0.05) is 0 Å². The summed E-state index contributed by atoms with van der Waals surface area (Å²) in [4.78, 5) is 6.62. The molecule has 2 heterocycles. The first-order valence-corrected chi connectivity index (χ1v) is 7.50. The molecule has 0 saturated carbocycles. The lowest BCUT2D eigenvalue weighted by atomic mass is 10.3. The number of hydrogen-bond donors (Lipinski definition) is 0. The first-order valence-electron chi connectivity index (χ1n) is 6.97. The van der Waals surface area contributed by atoms with Gasteiger partial charge in [0.2, 0.25) is 0 Å². The Labute approximate surface area is 126 Å². The van der Waals surface area contributed by atoms with Crippen LogP contribution in [0.5, 0.6) is 0 Å². The molecule has 1 aromatic carbocycles. The van der Waals surface area contributed by atoms with Crippen molar-refractivity contribution in [2.24, 2.45) is 0 Å². The summed E-state index contributed by atoms with van der Waals surface area (Å²) < 4.78 is 29.5. The van der Waals surface area contributed by atoms with Crippen molar-refractivity contribution in [2.45, 2.75) is 6.42 Å². The van der Waals surface area contributed by atoms with Crippen LogP contribution in [0.25, 0.3) is 11.0 Å². The summed E-state index contributed by atoms with van der Waals surface area (Å²) in [6, 6.07) is 2.63. The van der Waals surface area contributed by atoms with Crippen molar-refractivity contribution in [3.63, 3.8) is 0 Å². The van der Waals surface area contributed by atoms with Gasteiger partial charge in [0.25, 0.3) is 0 Å². The number of imidazole rings is 1. The smallest absolute Gasteiger partial charge is 0.186 e. The summed E-state index contributed by atoms with van der Waals surface area (Å²) in [7, 11) is 2.04. The Balaban J connectivity index is 2.13. The largest absolute Gasteiger partial charge is 0.308 e. The Hall–Kier alpha value is -1.40. The third-order valence-electron chi connectivity index (χ3n) is 3.83. The fourth-order valence-corrected chi connectivity index (χ4v) is 2.85. The van der Waals surface area contributed by atoms with Gasteiger partial charge in [0.15, 0.2) is 11.6 Å². The van der Waals surface area contributed by atoms with Gasteiger partial charge in [0.1, 0.15) is 11.3 Å². The molecular formula is C14H17ClF2N4. The van der Waals surface area contributed by atoms with Crippen LogP contribution in [-0.2, 0) is 6.42 Å². The number of fused-ring (bicyclic) bond motifs is 1. The van der Waals surface area contributed by atoms with Crippen LogP contribution >= 0.6 is 11.6 Å². The first kappa shape index (κ1) is 14.5. The zero-order valence-corrected chi connectivity index (χ0v) is 12.6. The molecule has 3 rings (SSSR count). The average molecular weight is 315 g/mol. The number of hydrogen-bond acceptors (Lipinski definition) is 3. The van der Waals surface area contributed by atoms with E-state index in [0.717, 1.165) is 32.2 Å². The zero-order valence-electron chi connectivity index (χ0n) is 11.8. The van der Waals surface area contributed by atoms with Crippen LogP contribution < -0.4 is 5.01 Å². The summed E-state index contributed by atoms with van der Waals surface area (Å²) in [5, 5.41) is 2.01. The topological polar surface area (TPSA) is 24.3 Å². The van der Waals surface area contributed by atoms with E-state index in [2.05, 4.69) is 9.88 Å². The maximum atomic E-state index is 14.2. The minimum absolute atomic E-state index is 0.208. The van der Waals surface area contributed by atoms with Crippen LogP contribution in [-0.4, -0.2) is 53.7 Å². The molecule has 0 spiro atoms. The van der Waals surface area contributed by atoms with Crippen molar-refractivity contribution in [2.75, 3.05) is 44.1 Å². The quantitative estimate of drug-likeness (QED) is 0.810. The third-order valence-corrected chi connectivity index (χ3v) is 4.02. The Morgan fingerprint density at radius 2 is 1.90 bits per heavy atom. The predicted molar refractivity (Wildman–Crippen MR) is 79.5 cm³/mol. The van der Waals surface area contributed by atoms with Crippen molar-refractivity contribution in [1.82, 2.24) is 14.6 Å². The molecule has 1 aliphatic rings. The summed E-state index contributed by atoms with van der Waals surface area (Å²) >= 11 is 5.82. The minimum Gasteiger partial charge on any atom is -0.308 e. The number of likely N-dealkylation sites (N-methyl/N-ethyl adjacent to an activating group) is 1. The third kappa shape index (κ3) is 2.58. The van der Waals surface area contributed by atoms with Gasteiger partial charge in [-0.05, 0) is 19.2 Å². The number of halogens is 3. The number of piperazine rings is 1. The van der Waals surface area contributed by atoms with E-state index in [4.69, 9.17) is 11.6 Å². The lowest BCUT2D eigenvalue weighted by Crippen LogP contribution is -2.50. The molecule has 0 aliphatic carbocycles. The first-order chi connectivity index (χ1) is 10.1. The molecule has 0 bridgehead atoms. The molecule has 2 aromatic rings. The Morgan fingerprint density at radius 3 is 2.57 bits per heavy atom. The monoisotopic (exact) mass is 314 g/mol. The highest BCUT2D eigenvalue weighted by Gasteiger charge is 2.23.